The molecule has 0 radical (unpaired) electrons. The molecule has 7 heteroatoms. The molecule has 26 heavy (non-hydrogen) atoms. The van der Waals surface area contributed by atoms with Gasteiger partial charge in [0.1, 0.15) is 5.75 Å². The molecule has 0 spiro atoms. The second-order valence-corrected chi connectivity index (χ2v) is 6.38. The molecule has 0 amide bonds. The van der Waals surface area contributed by atoms with Crippen LogP contribution in [0.2, 0.25) is 0 Å². The highest BCUT2D eigenvalue weighted by Gasteiger charge is 2.20. The van der Waals surface area contributed by atoms with Crippen molar-refractivity contribution in [2.24, 2.45) is 0 Å². The second-order valence-electron chi connectivity index (χ2n) is 6.38. The summed E-state index contributed by atoms with van der Waals surface area (Å²) in [5.74, 6) is 1.77. The van der Waals surface area contributed by atoms with E-state index in [0.717, 1.165) is 59.5 Å². The number of anilines is 1. The van der Waals surface area contributed by atoms with E-state index >= 15 is 0 Å². The van der Waals surface area contributed by atoms with Crippen LogP contribution < -0.4 is 15.2 Å². The van der Waals surface area contributed by atoms with E-state index in [1.54, 1.807) is 14.2 Å². The highest BCUT2D eigenvalue weighted by Crippen LogP contribution is 2.28. The van der Waals surface area contributed by atoms with Crippen molar-refractivity contribution in [3.63, 3.8) is 0 Å². The van der Waals surface area contributed by atoms with E-state index in [4.69, 9.17) is 15.2 Å². The van der Waals surface area contributed by atoms with Crippen molar-refractivity contribution < 1.29 is 9.47 Å². The fourth-order valence-electron chi connectivity index (χ4n) is 3.36. The van der Waals surface area contributed by atoms with Crippen LogP contribution in [0.15, 0.2) is 30.5 Å². The number of fused-ring (bicyclic) bond motifs is 2. The molecule has 4 rings (SSSR count). The van der Waals surface area contributed by atoms with Gasteiger partial charge in [0.25, 0.3) is 0 Å². The fourth-order valence-corrected chi connectivity index (χ4v) is 3.36. The first kappa shape index (κ1) is 16.5. The topological polar surface area (TPSA) is 86.4 Å². The number of nitrogens with two attached hydrogens (primary N) is 1. The third-order valence-corrected chi connectivity index (χ3v) is 4.68. The van der Waals surface area contributed by atoms with Crippen LogP contribution in [-0.2, 0) is 19.5 Å². The Morgan fingerprint density at radius 1 is 1.15 bits per heavy atom. The highest BCUT2D eigenvalue weighted by atomic mass is 16.5. The molecule has 0 unspecified atom stereocenters. The molecule has 0 atom stereocenters. The van der Waals surface area contributed by atoms with Gasteiger partial charge >= 0.3 is 0 Å². The molecule has 0 saturated carbocycles. The third-order valence-electron chi connectivity index (χ3n) is 4.68. The summed E-state index contributed by atoms with van der Waals surface area (Å²) in [5, 5.41) is 1.06. The van der Waals surface area contributed by atoms with Gasteiger partial charge < -0.3 is 15.2 Å². The number of nitrogens with zero attached hydrogens (tertiary/aromatic N) is 4. The SMILES string of the molecule is COc1ccc2cc(CN3CCc4nc(N)ncc4C3)c(OC)nc2c1. The van der Waals surface area contributed by atoms with Crippen LogP contribution >= 0.6 is 0 Å². The molecule has 3 heterocycles. The average Bonchev–Trinajstić information content (AvgIpc) is 2.67. The van der Waals surface area contributed by atoms with Gasteiger partial charge in [-0.05, 0) is 18.2 Å². The van der Waals surface area contributed by atoms with Gasteiger partial charge in [0, 0.05) is 54.8 Å². The lowest BCUT2D eigenvalue weighted by Gasteiger charge is -2.28. The van der Waals surface area contributed by atoms with Crippen molar-refractivity contribution in [2.75, 3.05) is 26.5 Å². The van der Waals surface area contributed by atoms with Crippen LogP contribution in [-0.4, -0.2) is 40.6 Å². The Bertz CT molecular complexity index is 960. The zero-order valence-electron chi connectivity index (χ0n) is 14.9. The second kappa shape index (κ2) is 6.76. The van der Waals surface area contributed by atoms with Gasteiger partial charge in [-0.25, -0.2) is 15.0 Å². The molecular weight excluding hydrogens is 330 g/mol. The summed E-state index contributed by atoms with van der Waals surface area (Å²) in [6.07, 6.45) is 2.69. The molecule has 0 saturated heterocycles. The molecule has 2 N–H and O–H groups in total. The number of hydrogen-bond donors (Lipinski definition) is 1. The van der Waals surface area contributed by atoms with E-state index in [1.807, 2.05) is 24.4 Å². The number of rotatable bonds is 4. The number of ether oxygens (including phenoxy) is 2. The Balaban J connectivity index is 1.61. The standard InChI is InChI=1S/C19H21N5O2/c1-25-15-4-3-12-7-13(18(26-2)22-17(12)8-15)10-24-6-5-16-14(11-24)9-21-19(20)23-16/h3-4,7-9H,5-6,10-11H2,1-2H3,(H2,20,21,23). The molecule has 3 aromatic rings. The lowest BCUT2D eigenvalue weighted by atomic mass is 10.1. The van der Waals surface area contributed by atoms with Crippen LogP contribution in [0.4, 0.5) is 5.95 Å². The number of benzene rings is 1. The Morgan fingerprint density at radius 2 is 2.04 bits per heavy atom. The number of aromatic nitrogens is 3. The minimum atomic E-state index is 0.341. The van der Waals surface area contributed by atoms with Gasteiger partial charge in [-0.1, -0.05) is 0 Å². The average molecular weight is 351 g/mol. The molecule has 0 fully saturated rings. The molecule has 1 aromatic carbocycles. The van der Waals surface area contributed by atoms with E-state index < -0.39 is 0 Å². The van der Waals surface area contributed by atoms with Gasteiger partial charge in [-0.15, -0.1) is 0 Å². The number of methoxy groups -OCH3 is 2. The number of nitrogen functional groups attached to an aromatic ring is 1. The molecule has 1 aliphatic rings. The smallest absolute Gasteiger partial charge is 0.220 e. The van der Waals surface area contributed by atoms with E-state index in [2.05, 4.69) is 25.9 Å². The fraction of sp³-hybridized carbons (Fsp3) is 0.316. The first-order valence-electron chi connectivity index (χ1n) is 8.50. The summed E-state index contributed by atoms with van der Waals surface area (Å²) in [5.41, 5.74) is 9.77. The van der Waals surface area contributed by atoms with Crippen molar-refractivity contribution in [1.82, 2.24) is 19.9 Å². The predicted molar refractivity (Wildman–Crippen MR) is 99.1 cm³/mol. The summed E-state index contributed by atoms with van der Waals surface area (Å²) in [6, 6.07) is 8.02. The minimum absolute atomic E-state index is 0.341. The summed E-state index contributed by atoms with van der Waals surface area (Å²) >= 11 is 0. The Hall–Kier alpha value is -2.93. The lowest BCUT2D eigenvalue weighted by Crippen LogP contribution is -2.31. The van der Waals surface area contributed by atoms with Crippen molar-refractivity contribution in [3.8, 4) is 11.6 Å². The maximum atomic E-state index is 5.68. The molecule has 0 bridgehead atoms. The molecular formula is C19H21N5O2. The predicted octanol–water partition coefficient (Wildman–Crippen LogP) is 2.18. The third kappa shape index (κ3) is 3.13. The summed E-state index contributed by atoms with van der Waals surface area (Å²) in [7, 11) is 3.30. The molecule has 134 valence electrons. The van der Waals surface area contributed by atoms with Crippen molar-refractivity contribution in [2.45, 2.75) is 19.5 Å². The summed E-state index contributed by atoms with van der Waals surface area (Å²) in [4.78, 5) is 15.5. The van der Waals surface area contributed by atoms with Crippen molar-refractivity contribution >= 4 is 16.9 Å². The van der Waals surface area contributed by atoms with Crippen molar-refractivity contribution in [3.05, 3.63) is 47.3 Å². The van der Waals surface area contributed by atoms with Crippen molar-refractivity contribution in [1.29, 1.82) is 0 Å². The summed E-state index contributed by atoms with van der Waals surface area (Å²) < 4.78 is 10.8. The van der Waals surface area contributed by atoms with Gasteiger partial charge in [0.15, 0.2) is 0 Å². The van der Waals surface area contributed by atoms with E-state index in [9.17, 15) is 0 Å². The Kier molecular flexibility index (Phi) is 4.30. The summed E-state index contributed by atoms with van der Waals surface area (Å²) in [6.45, 7) is 2.45. The minimum Gasteiger partial charge on any atom is -0.497 e. The maximum absolute atomic E-state index is 5.68. The Labute approximate surface area is 151 Å². The molecule has 1 aliphatic heterocycles. The molecule has 0 aliphatic carbocycles. The quantitative estimate of drug-likeness (QED) is 0.771. The first-order valence-corrected chi connectivity index (χ1v) is 8.50. The monoisotopic (exact) mass is 351 g/mol. The highest BCUT2D eigenvalue weighted by molar-refractivity contribution is 5.81. The van der Waals surface area contributed by atoms with Gasteiger partial charge in [0.2, 0.25) is 11.8 Å². The molecule has 7 nitrogen and oxygen atoms in total. The van der Waals surface area contributed by atoms with Crippen LogP contribution in [0.25, 0.3) is 10.9 Å². The van der Waals surface area contributed by atoms with E-state index in [0.29, 0.717) is 11.8 Å². The maximum Gasteiger partial charge on any atom is 0.220 e. The zero-order chi connectivity index (χ0) is 18.1. The van der Waals surface area contributed by atoms with Crippen LogP contribution in [0.1, 0.15) is 16.8 Å². The first-order chi connectivity index (χ1) is 12.7. The van der Waals surface area contributed by atoms with E-state index in [1.165, 1.54) is 0 Å². The number of hydrogen-bond acceptors (Lipinski definition) is 7. The molecule has 2 aromatic heterocycles. The number of pyridine rings is 1. The van der Waals surface area contributed by atoms with Crippen LogP contribution in [0, 0.1) is 0 Å². The largest absolute Gasteiger partial charge is 0.497 e. The van der Waals surface area contributed by atoms with Gasteiger partial charge in [-0.3, -0.25) is 4.90 Å². The van der Waals surface area contributed by atoms with E-state index in [-0.39, 0.29) is 0 Å². The Morgan fingerprint density at radius 3 is 2.85 bits per heavy atom. The van der Waals surface area contributed by atoms with Gasteiger partial charge in [-0.2, -0.15) is 0 Å². The van der Waals surface area contributed by atoms with Crippen LogP contribution in [0.3, 0.4) is 0 Å². The lowest BCUT2D eigenvalue weighted by molar-refractivity contribution is 0.238. The van der Waals surface area contributed by atoms with Crippen LogP contribution in [0.5, 0.6) is 11.6 Å². The zero-order valence-corrected chi connectivity index (χ0v) is 14.9. The normalized spacial score (nSPS) is 14.2. The van der Waals surface area contributed by atoms with Gasteiger partial charge in [0.05, 0.1) is 25.4 Å².